The molecule has 0 heterocycles. The van der Waals surface area contributed by atoms with E-state index in [9.17, 15) is 28.4 Å². The van der Waals surface area contributed by atoms with Gasteiger partial charge in [0.15, 0.2) is 6.10 Å². The number of anilines is 1. The zero-order valence-electron chi connectivity index (χ0n) is 11.7. The van der Waals surface area contributed by atoms with E-state index in [-0.39, 0.29) is 23.5 Å². The van der Waals surface area contributed by atoms with Crippen molar-refractivity contribution < 1.29 is 23.2 Å². The van der Waals surface area contributed by atoms with Gasteiger partial charge in [0.2, 0.25) is 0 Å². The van der Waals surface area contributed by atoms with Crippen molar-refractivity contribution in [1.29, 1.82) is 0 Å². The second kappa shape index (κ2) is 6.66. The lowest BCUT2D eigenvalue weighted by molar-refractivity contribution is -0.384. The lowest BCUT2D eigenvalue weighted by Gasteiger charge is -2.19. The number of nitrogens with one attached hydrogen (secondary N) is 1. The summed E-state index contributed by atoms with van der Waals surface area (Å²) in [4.78, 5) is 10.0. The number of nitrogens with zero attached hydrogens (tertiary/aromatic N) is 1. The van der Waals surface area contributed by atoms with Gasteiger partial charge >= 0.3 is 6.18 Å². The highest BCUT2D eigenvalue weighted by molar-refractivity contribution is 5.53. The molecular weight excluding hydrogens is 313 g/mol. The normalized spacial score (nSPS) is 12.7. The molecule has 0 aliphatic rings. The van der Waals surface area contributed by atoms with E-state index >= 15 is 0 Å². The number of para-hydroxylation sites is 1. The number of aliphatic hydroxyl groups is 1. The summed E-state index contributed by atoms with van der Waals surface area (Å²) in [7, 11) is 0. The maximum atomic E-state index is 12.7. The Balaban J connectivity index is 2.13. The van der Waals surface area contributed by atoms with Gasteiger partial charge in [0.05, 0.1) is 4.92 Å². The smallest absolute Gasteiger partial charge is 0.381 e. The monoisotopic (exact) mass is 326 g/mol. The SMILES string of the molecule is O=[N+]([O-])c1ccc(CNc2ccccc2C(O)C(F)(F)F)cc1. The second-order valence-corrected chi connectivity index (χ2v) is 4.81. The van der Waals surface area contributed by atoms with Crippen LogP contribution in [0.2, 0.25) is 0 Å². The van der Waals surface area contributed by atoms with Crippen LogP contribution in [-0.4, -0.2) is 16.2 Å². The van der Waals surface area contributed by atoms with Gasteiger partial charge in [-0.1, -0.05) is 30.3 Å². The van der Waals surface area contributed by atoms with Crippen LogP contribution in [0.1, 0.15) is 17.2 Å². The Hall–Kier alpha value is -2.61. The summed E-state index contributed by atoms with van der Waals surface area (Å²) >= 11 is 0. The van der Waals surface area contributed by atoms with E-state index in [2.05, 4.69) is 5.32 Å². The van der Waals surface area contributed by atoms with Crippen LogP contribution in [-0.2, 0) is 6.54 Å². The van der Waals surface area contributed by atoms with E-state index < -0.39 is 17.2 Å². The summed E-state index contributed by atoms with van der Waals surface area (Å²) in [5.74, 6) is 0. The van der Waals surface area contributed by atoms with Crippen molar-refractivity contribution in [3.05, 3.63) is 69.8 Å². The number of halogens is 3. The molecule has 0 saturated heterocycles. The van der Waals surface area contributed by atoms with Gasteiger partial charge in [-0.3, -0.25) is 10.1 Å². The van der Waals surface area contributed by atoms with Crippen molar-refractivity contribution in [3.63, 3.8) is 0 Å². The van der Waals surface area contributed by atoms with Crippen LogP contribution in [0.25, 0.3) is 0 Å². The van der Waals surface area contributed by atoms with Crippen molar-refractivity contribution in [3.8, 4) is 0 Å². The Morgan fingerprint density at radius 3 is 2.30 bits per heavy atom. The number of hydrogen-bond acceptors (Lipinski definition) is 4. The van der Waals surface area contributed by atoms with Crippen LogP contribution in [0.5, 0.6) is 0 Å². The summed E-state index contributed by atoms with van der Waals surface area (Å²) in [5.41, 5.74) is 0.464. The molecule has 0 aromatic heterocycles. The van der Waals surface area contributed by atoms with Crippen molar-refractivity contribution in [2.24, 2.45) is 0 Å². The fourth-order valence-electron chi connectivity index (χ4n) is 2.01. The second-order valence-electron chi connectivity index (χ2n) is 4.81. The van der Waals surface area contributed by atoms with Crippen molar-refractivity contribution >= 4 is 11.4 Å². The predicted octanol–water partition coefficient (Wildman–Crippen LogP) is 3.80. The Bertz CT molecular complexity index is 687. The number of non-ortho nitro benzene ring substituents is 1. The van der Waals surface area contributed by atoms with Gasteiger partial charge in [0, 0.05) is 29.9 Å². The minimum absolute atomic E-state index is 0.0679. The van der Waals surface area contributed by atoms with Gasteiger partial charge in [-0.15, -0.1) is 0 Å². The van der Waals surface area contributed by atoms with E-state index in [1.54, 1.807) is 6.07 Å². The van der Waals surface area contributed by atoms with Crippen LogP contribution in [0, 0.1) is 10.1 Å². The Morgan fingerprint density at radius 1 is 1.13 bits per heavy atom. The molecule has 2 aromatic carbocycles. The molecule has 0 bridgehead atoms. The van der Waals surface area contributed by atoms with Crippen molar-refractivity contribution in [2.45, 2.75) is 18.8 Å². The van der Waals surface area contributed by atoms with Crippen LogP contribution in [0.4, 0.5) is 24.5 Å². The number of rotatable bonds is 5. The van der Waals surface area contributed by atoms with Crippen LogP contribution in [0.3, 0.4) is 0 Å². The van der Waals surface area contributed by atoms with Gasteiger partial charge in [-0.2, -0.15) is 13.2 Å². The first-order valence-corrected chi connectivity index (χ1v) is 6.60. The van der Waals surface area contributed by atoms with Gasteiger partial charge in [0.1, 0.15) is 0 Å². The summed E-state index contributed by atoms with van der Waals surface area (Å²) < 4.78 is 38.0. The zero-order valence-corrected chi connectivity index (χ0v) is 11.7. The van der Waals surface area contributed by atoms with E-state index in [0.29, 0.717) is 5.56 Å². The third-order valence-corrected chi connectivity index (χ3v) is 3.20. The van der Waals surface area contributed by atoms with Crippen LogP contribution >= 0.6 is 0 Å². The molecule has 0 fully saturated rings. The molecule has 23 heavy (non-hydrogen) atoms. The number of hydrogen-bond donors (Lipinski definition) is 2. The molecule has 1 unspecified atom stereocenters. The third kappa shape index (κ3) is 4.19. The molecule has 122 valence electrons. The molecule has 2 aromatic rings. The van der Waals surface area contributed by atoms with E-state index in [1.807, 2.05) is 0 Å². The maximum absolute atomic E-state index is 12.7. The molecular formula is C15H13F3N2O3. The Morgan fingerprint density at radius 2 is 1.74 bits per heavy atom. The molecule has 8 heteroatoms. The Kier molecular flexibility index (Phi) is 4.85. The number of aliphatic hydroxyl groups excluding tert-OH is 1. The Labute approximate surface area is 129 Å². The molecule has 0 amide bonds. The molecule has 1 atom stereocenters. The fraction of sp³-hybridized carbons (Fsp3) is 0.200. The highest BCUT2D eigenvalue weighted by Gasteiger charge is 2.40. The summed E-state index contributed by atoms with van der Waals surface area (Å²) in [6.07, 6.45) is -7.34. The van der Waals surface area contributed by atoms with Crippen LogP contribution in [0.15, 0.2) is 48.5 Å². The molecule has 5 nitrogen and oxygen atoms in total. The quantitative estimate of drug-likeness (QED) is 0.647. The third-order valence-electron chi connectivity index (χ3n) is 3.20. The molecule has 0 saturated carbocycles. The van der Waals surface area contributed by atoms with E-state index in [4.69, 9.17) is 0 Å². The molecule has 0 spiro atoms. The van der Waals surface area contributed by atoms with Gasteiger partial charge < -0.3 is 10.4 Å². The first-order chi connectivity index (χ1) is 10.8. The summed E-state index contributed by atoms with van der Waals surface area (Å²) in [6.45, 7) is 0.166. The molecule has 0 radical (unpaired) electrons. The fourth-order valence-corrected chi connectivity index (χ4v) is 2.01. The number of nitro benzene ring substituents is 1. The molecule has 2 N–H and O–H groups in total. The maximum Gasteiger partial charge on any atom is 0.418 e. The summed E-state index contributed by atoms with van der Waals surface area (Å²) in [6, 6.07) is 11.2. The van der Waals surface area contributed by atoms with E-state index in [0.717, 1.165) is 0 Å². The van der Waals surface area contributed by atoms with Crippen LogP contribution < -0.4 is 5.32 Å². The van der Waals surface area contributed by atoms with Gasteiger partial charge in [-0.05, 0) is 11.6 Å². The standard InChI is InChI=1S/C15H13F3N2O3/c16-15(17,18)14(21)12-3-1-2-4-13(12)19-9-10-5-7-11(8-6-10)20(22)23/h1-8,14,19,21H,9H2. The largest absolute Gasteiger partial charge is 0.418 e. The zero-order chi connectivity index (χ0) is 17.0. The number of benzene rings is 2. The molecule has 0 aliphatic carbocycles. The highest BCUT2D eigenvalue weighted by Crippen LogP contribution is 2.36. The first kappa shape index (κ1) is 16.8. The minimum atomic E-state index is -4.76. The van der Waals surface area contributed by atoms with Gasteiger partial charge in [-0.25, -0.2) is 0 Å². The van der Waals surface area contributed by atoms with Gasteiger partial charge in [0.25, 0.3) is 5.69 Å². The highest BCUT2D eigenvalue weighted by atomic mass is 19.4. The minimum Gasteiger partial charge on any atom is -0.381 e. The van der Waals surface area contributed by atoms with E-state index in [1.165, 1.54) is 42.5 Å². The molecule has 2 rings (SSSR count). The average molecular weight is 326 g/mol. The van der Waals surface area contributed by atoms with Crippen molar-refractivity contribution in [1.82, 2.24) is 0 Å². The average Bonchev–Trinajstić information content (AvgIpc) is 2.52. The first-order valence-electron chi connectivity index (χ1n) is 6.60. The lowest BCUT2D eigenvalue weighted by atomic mass is 10.1. The summed E-state index contributed by atoms with van der Waals surface area (Å²) in [5, 5.41) is 22.8. The number of alkyl halides is 3. The lowest BCUT2D eigenvalue weighted by Crippen LogP contribution is -2.21. The predicted molar refractivity (Wildman–Crippen MR) is 77.9 cm³/mol. The number of nitro groups is 1. The molecule has 0 aliphatic heterocycles. The van der Waals surface area contributed by atoms with Crippen molar-refractivity contribution in [2.75, 3.05) is 5.32 Å². The topological polar surface area (TPSA) is 75.4 Å².